The lowest BCUT2D eigenvalue weighted by atomic mass is 9.92. The van der Waals surface area contributed by atoms with E-state index in [1.807, 2.05) is 0 Å². The maximum absolute atomic E-state index is 11.1. The fraction of sp³-hybridized carbons (Fsp3) is 0.615. The highest BCUT2D eigenvalue weighted by Gasteiger charge is 2.26. The second-order valence-electron chi connectivity index (χ2n) is 5.02. The Bertz CT molecular complexity index is 436. The van der Waals surface area contributed by atoms with E-state index in [0.717, 1.165) is 6.54 Å². The lowest BCUT2D eigenvalue weighted by molar-refractivity contribution is 0.0687. The van der Waals surface area contributed by atoms with Gasteiger partial charge in [-0.05, 0) is 32.2 Å². The summed E-state index contributed by atoms with van der Waals surface area (Å²) in [5, 5.41) is 9.11. The summed E-state index contributed by atoms with van der Waals surface area (Å²) in [4.78, 5) is 21.3. The highest BCUT2D eigenvalue weighted by molar-refractivity contribution is 5.88. The molecule has 2 atom stereocenters. The molecule has 0 aliphatic carbocycles. The molecule has 0 radical (unpaired) electrons. The van der Waals surface area contributed by atoms with Crippen molar-refractivity contribution in [1.82, 2.24) is 14.9 Å². The molecule has 1 saturated heterocycles. The van der Waals surface area contributed by atoms with E-state index in [9.17, 15) is 4.79 Å². The minimum absolute atomic E-state index is 0.211. The molecule has 2 rings (SSSR count). The van der Waals surface area contributed by atoms with E-state index in [4.69, 9.17) is 5.11 Å². The van der Waals surface area contributed by atoms with Gasteiger partial charge in [-0.2, -0.15) is 0 Å². The number of carboxylic acids is 1. The molecule has 2 heterocycles. The number of carbonyl (C=O) groups is 1. The Balaban J connectivity index is 2.16. The first kappa shape index (κ1) is 13.0. The summed E-state index contributed by atoms with van der Waals surface area (Å²) in [7, 11) is 0. The first-order chi connectivity index (χ1) is 8.59. The van der Waals surface area contributed by atoms with Crippen molar-refractivity contribution in [1.29, 1.82) is 0 Å². The molecule has 2 unspecified atom stereocenters. The van der Waals surface area contributed by atoms with Crippen LogP contribution in [0.4, 0.5) is 0 Å². The van der Waals surface area contributed by atoms with E-state index in [0.29, 0.717) is 24.2 Å². The van der Waals surface area contributed by atoms with Gasteiger partial charge in [0.05, 0.1) is 5.69 Å². The number of carboxylic acid groups (broad SMARTS) is 1. The van der Waals surface area contributed by atoms with Crippen LogP contribution in [0.5, 0.6) is 0 Å². The summed E-state index contributed by atoms with van der Waals surface area (Å²) in [6, 6.07) is 0.468. The molecule has 98 valence electrons. The molecule has 18 heavy (non-hydrogen) atoms. The monoisotopic (exact) mass is 249 g/mol. The summed E-state index contributed by atoms with van der Waals surface area (Å²) in [6.45, 7) is 6.05. The topological polar surface area (TPSA) is 66.3 Å². The van der Waals surface area contributed by atoms with Gasteiger partial charge >= 0.3 is 5.97 Å². The van der Waals surface area contributed by atoms with E-state index >= 15 is 0 Å². The van der Waals surface area contributed by atoms with E-state index in [2.05, 4.69) is 28.7 Å². The minimum Gasteiger partial charge on any atom is -0.478 e. The van der Waals surface area contributed by atoms with Gasteiger partial charge in [-0.3, -0.25) is 4.90 Å². The lowest BCUT2D eigenvalue weighted by Crippen LogP contribution is -2.42. The van der Waals surface area contributed by atoms with Crippen LogP contribution < -0.4 is 0 Å². The van der Waals surface area contributed by atoms with E-state index in [1.54, 1.807) is 0 Å². The molecule has 0 bridgehead atoms. The van der Waals surface area contributed by atoms with Crippen LogP contribution in [0, 0.1) is 5.92 Å². The maximum Gasteiger partial charge on any atom is 0.339 e. The average Bonchev–Trinajstić information content (AvgIpc) is 2.35. The normalized spacial score (nSPS) is 25.0. The molecule has 1 aromatic heterocycles. The maximum atomic E-state index is 11.1. The van der Waals surface area contributed by atoms with E-state index < -0.39 is 5.97 Å². The number of aromatic carboxylic acids is 1. The zero-order chi connectivity index (χ0) is 13.1. The van der Waals surface area contributed by atoms with Crippen molar-refractivity contribution in [2.75, 3.05) is 6.54 Å². The Labute approximate surface area is 107 Å². The minimum atomic E-state index is -0.955. The van der Waals surface area contributed by atoms with Gasteiger partial charge in [0.25, 0.3) is 0 Å². The predicted molar refractivity (Wildman–Crippen MR) is 67.3 cm³/mol. The van der Waals surface area contributed by atoms with Crippen molar-refractivity contribution in [2.24, 2.45) is 5.92 Å². The van der Waals surface area contributed by atoms with Crippen LogP contribution in [-0.4, -0.2) is 38.5 Å². The zero-order valence-electron chi connectivity index (χ0n) is 10.8. The average molecular weight is 249 g/mol. The lowest BCUT2D eigenvalue weighted by Gasteiger charge is -2.37. The fourth-order valence-corrected chi connectivity index (χ4v) is 2.50. The van der Waals surface area contributed by atoms with Gasteiger partial charge < -0.3 is 5.11 Å². The third-order valence-corrected chi connectivity index (χ3v) is 3.88. The molecule has 1 aromatic rings. The van der Waals surface area contributed by atoms with Crippen LogP contribution >= 0.6 is 0 Å². The Morgan fingerprint density at radius 2 is 2.33 bits per heavy atom. The molecule has 0 amide bonds. The van der Waals surface area contributed by atoms with Crippen LogP contribution in [-0.2, 0) is 6.54 Å². The van der Waals surface area contributed by atoms with Gasteiger partial charge in [0.1, 0.15) is 11.9 Å². The molecule has 0 saturated carbocycles. The number of hydrogen-bond acceptors (Lipinski definition) is 4. The van der Waals surface area contributed by atoms with Crippen molar-refractivity contribution in [3.63, 3.8) is 0 Å². The predicted octanol–water partition coefficient (Wildman–Crippen LogP) is 1.80. The van der Waals surface area contributed by atoms with Gasteiger partial charge in [-0.15, -0.1) is 0 Å². The quantitative estimate of drug-likeness (QED) is 0.884. The Kier molecular flexibility index (Phi) is 3.91. The van der Waals surface area contributed by atoms with Gasteiger partial charge in [0.15, 0.2) is 0 Å². The molecule has 1 N–H and O–H groups in total. The zero-order valence-corrected chi connectivity index (χ0v) is 10.8. The van der Waals surface area contributed by atoms with E-state index in [1.165, 1.54) is 25.4 Å². The van der Waals surface area contributed by atoms with Crippen molar-refractivity contribution in [3.8, 4) is 0 Å². The Hall–Kier alpha value is -1.49. The number of piperidine rings is 1. The standard InChI is InChI=1S/C13H19N3O2/c1-9-4-3-5-16(10(9)2)7-12-11(13(17)18)6-14-8-15-12/h6,8-10H,3-5,7H2,1-2H3,(H,17,18). The summed E-state index contributed by atoms with van der Waals surface area (Å²) < 4.78 is 0. The van der Waals surface area contributed by atoms with Crippen molar-refractivity contribution in [2.45, 2.75) is 39.3 Å². The SMILES string of the molecule is CC1CCCN(Cc2ncncc2C(=O)O)C1C. The van der Waals surface area contributed by atoms with Gasteiger partial charge in [0, 0.05) is 18.8 Å². The molecule has 1 fully saturated rings. The second-order valence-corrected chi connectivity index (χ2v) is 5.02. The molecule has 1 aliphatic rings. The molecule has 0 spiro atoms. The molecular weight excluding hydrogens is 230 g/mol. The third kappa shape index (κ3) is 2.67. The molecule has 5 nitrogen and oxygen atoms in total. The van der Waals surface area contributed by atoms with Crippen LogP contribution in [0.25, 0.3) is 0 Å². The summed E-state index contributed by atoms with van der Waals surface area (Å²) in [6.07, 6.45) is 5.20. The number of likely N-dealkylation sites (tertiary alicyclic amines) is 1. The largest absolute Gasteiger partial charge is 0.478 e. The number of nitrogens with zero attached hydrogens (tertiary/aromatic N) is 3. The highest BCUT2D eigenvalue weighted by Crippen LogP contribution is 2.24. The Morgan fingerprint density at radius 3 is 3.06 bits per heavy atom. The molecule has 1 aliphatic heterocycles. The summed E-state index contributed by atoms with van der Waals surface area (Å²) in [5.74, 6) is -0.308. The van der Waals surface area contributed by atoms with Crippen LogP contribution in [0.1, 0.15) is 42.7 Å². The molecular formula is C13H19N3O2. The number of hydrogen-bond donors (Lipinski definition) is 1. The number of aromatic nitrogens is 2. The van der Waals surface area contributed by atoms with Crippen LogP contribution in [0.3, 0.4) is 0 Å². The number of rotatable bonds is 3. The van der Waals surface area contributed by atoms with Crippen molar-refractivity contribution >= 4 is 5.97 Å². The van der Waals surface area contributed by atoms with E-state index in [-0.39, 0.29) is 5.56 Å². The van der Waals surface area contributed by atoms with Gasteiger partial charge in [-0.1, -0.05) is 6.92 Å². The molecule has 5 heteroatoms. The van der Waals surface area contributed by atoms with Gasteiger partial charge in [-0.25, -0.2) is 14.8 Å². The van der Waals surface area contributed by atoms with Crippen LogP contribution in [0.2, 0.25) is 0 Å². The van der Waals surface area contributed by atoms with Crippen molar-refractivity contribution in [3.05, 3.63) is 23.8 Å². The molecule has 0 aromatic carbocycles. The summed E-state index contributed by atoms with van der Waals surface area (Å²) >= 11 is 0. The first-order valence-electron chi connectivity index (χ1n) is 6.36. The van der Waals surface area contributed by atoms with Crippen molar-refractivity contribution < 1.29 is 9.90 Å². The summed E-state index contributed by atoms with van der Waals surface area (Å²) in [5.41, 5.74) is 0.821. The second kappa shape index (κ2) is 5.44. The van der Waals surface area contributed by atoms with Crippen LogP contribution in [0.15, 0.2) is 12.5 Å². The van der Waals surface area contributed by atoms with Gasteiger partial charge in [0.2, 0.25) is 0 Å². The smallest absolute Gasteiger partial charge is 0.339 e. The third-order valence-electron chi connectivity index (χ3n) is 3.88. The fourth-order valence-electron chi connectivity index (χ4n) is 2.50. The highest BCUT2D eigenvalue weighted by atomic mass is 16.4. The first-order valence-corrected chi connectivity index (χ1v) is 6.36. The Morgan fingerprint density at radius 1 is 1.56 bits per heavy atom.